The molecule has 0 fully saturated rings. The molecule has 2 N–H and O–H groups in total. The van der Waals surface area contributed by atoms with E-state index in [2.05, 4.69) is 25.7 Å². The van der Waals surface area contributed by atoms with Gasteiger partial charge in [0.05, 0.1) is 22.5 Å². The smallest absolute Gasteiger partial charge is 0.277 e. The first-order valence-electron chi connectivity index (χ1n) is 10.1. The zero-order chi connectivity index (χ0) is 21.4. The van der Waals surface area contributed by atoms with Crippen LogP contribution >= 0.6 is 0 Å². The van der Waals surface area contributed by atoms with E-state index in [4.69, 9.17) is 0 Å². The van der Waals surface area contributed by atoms with E-state index in [1.54, 1.807) is 15.4 Å². The van der Waals surface area contributed by atoms with Crippen molar-refractivity contribution in [3.63, 3.8) is 0 Å². The SMILES string of the molecule is CCc1nn(C)c2n[nH]c(NC(=O)c3cc(-c4ccccc4)n(-c4ccccc4)n3)c12. The molecule has 31 heavy (non-hydrogen) atoms. The van der Waals surface area contributed by atoms with E-state index in [1.807, 2.05) is 74.6 Å². The van der Waals surface area contributed by atoms with Crippen molar-refractivity contribution in [2.75, 3.05) is 5.32 Å². The van der Waals surface area contributed by atoms with Gasteiger partial charge in [0.1, 0.15) is 5.82 Å². The van der Waals surface area contributed by atoms with Gasteiger partial charge in [-0.3, -0.25) is 9.89 Å². The number of hydrogen-bond donors (Lipinski definition) is 2. The molecule has 1 amide bonds. The van der Waals surface area contributed by atoms with Crippen LogP contribution in [0, 0.1) is 0 Å². The molecular formula is C23H21N7O. The Hall–Kier alpha value is -4.20. The Morgan fingerprint density at radius 3 is 2.45 bits per heavy atom. The summed E-state index contributed by atoms with van der Waals surface area (Å²) in [4.78, 5) is 13.1. The predicted octanol–water partition coefficient (Wildman–Crippen LogP) is 3.96. The number of benzene rings is 2. The molecule has 0 saturated carbocycles. The first-order valence-corrected chi connectivity index (χ1v) is 10.1. The van der Waals surface area contributed by atoms with Crippen molar-refractivity contribution in [3.8, 4) is 16.9 Å². The lowest BCUT2D eigenvalue weighted by molar-refractivity contribution is 0.102. The summed E-state index contributed by atoms with van der Waals surface area (Å²) in [6.45, 7) is 2.02. The Kier molecular flexibility index (Phi) is 4.59. The molecule has 3 heterocycles. The number of aryl methyl sites for hydroxylation is 2. The van der Waals surface area contributed by atoms with Gasteiger partial charge in [0.25, 0.3) is 5.91 Å². The van der Waals surface area contributed by atoms with Gasteiger partial charge >= 0.3 is 0 Å². The van der Waals surface area contributed by atoms with Crippen LogP contribution in [0.3, 0.4) is 0 Å². The predicted molar refractivity (Wildman–Crippen MR) is 119 cm³/mol. The molecule has 0 saturated heterocycles. The molecule has 0 bridgehead atoms. The topological polar surface area (TPSA) is 93.4 Å². The average Bonchev–Trinajstić information content (AvgIpc) is 3.51. The van der Waals surface area contributed by atoms with Crippen LogP contribution in [0.5, 0.6) is 0 Å². The van der Waals surface area contributed by atoms with Crippen LogP contribution in [-0.2, 0) is 13.5 Å². The minimum Gasteiger partial charge on any atom is -0.305 e. The van der Waals surface area contributed by atoms with E-state index in [9.17, 15) is 4.79 Å². The largest absolute Gasteiger partial charge is 0.305 e. The summed E-state index contributed by atoms with van der Waals surface area (Å²) in [6.07, 6.45) is 0.737. The van der Waals surface area contributed by atoms with Crippen LogP contribution in [0.25, 0.3) is 28.0 Å². The molecule has 5 aromatic rings. The van der Waals surface area contributed by atoms with Gasteiger partial charge in [0, 0.05) is 12.6 Å². The van der Waals surface area contributed by atoms with E-state index in [0.717, 1.165) is 34.4 Å². The Labute approximate surface area is 178 Å². The molecule has 2 aromatic carbocycles. The molecule has 0 aliphatic heterocycles. The number of carbonyl (C=O) groups excluding carboxylic acids is 1. The summed E-state index contributed by atoms with van der Waals surface area (Å²) in [7, 11) is 1.83. The zero-order valence-corrected chi connectivity index (χ0v) is 17.2. The van der Waals surface area contributed by atoms with Gasteiger partial charge in [-0.25, -0.2) is 9.36 Å². The molecule has 0 aliphatic rings. The molecule has 8 heteroatoms. The summed E-state index contributed by atoms with van der Waals surface area (Å²) in [5.74, 6) is 0.212. The number of anilines is 1. The summed E-state index contributed by atoms with van der Waals surface area (Å²) >= 11 is 0. The molecule has 5 rings (SSSR count). The van der Waals surface area contributed by atoms with Gasteiger partial charge in [0.2, 0.25) is 0 Å². The Bertz CT molecular complexity index is 1310. The van der Waals surface area contributed by atoms with Crippen LogP contribution in [-0.4, -0.2) is 35.7 Å². The second-order valence-electron chi connectivity index (χ2n) is 7.20. The maximum atomic E-state index is 13.1. The maximum absolute atomic E-state index is 13.1. The quantitative estimate of drug-likeness (QED) is 0.458. The number of rotatable bonds is 5. The van der Waals surface area contributed by atoms with Crippen LogP contribution in [0.15, 0.2) is 66.7 Å². The first kappa shape index (κ1) is 18.8. The number of nitrogens with one attached hydrogen (secondary N) is 2. The standard InChI is InChI=1S/C23H21N7O/c1-3-17-20-21(25-26-22(20)29(2)27-17)24-23(31)18-14-19(15-10-6-4-7-11-15)30(28-18)16-12-8-5-9-13-16/h4-14H,3H2,1-2H3,(H2,24,25,26,31). The van der Waals surface area contributed by atoms with Crippen molar-refractivity contribution >= 4 is 22.8 Å². The highest BCUT2D eigenvalue weighted by atomic mass is 16.2. The fourth-order valence-corrected chi connectivity index (χ4v) is 3.71. The number of H-pyrrole nitrogens is 1. The van der Waals surface area contributed by atoms with Crippen molar-refractivity contribution in [2.24, 2.45) is 7.05 Å². The third kappa shape index (κ3) is 3.28. The molecule has 0 spiro atoms. The number of carbonyl (C=O) groups is 1. The Morgan fingerprint density at radius 1 is 1.03 bits per heavy atom. The minimum absolute atomic E-state index is 0.312. The minimum atomic E-state index is -0.316. The van der Waals surface area contributed by atoms with Gasteiger partial charge in [-0.15, -0.1) is 0 Å². The molecule has 0 unspecified atom stereocenters. The highest BCUT2D eigenvalue weighted by molar-refractivity contribution is 6.07. The summed E-state index contributed by atoms with van der Waals surface area (Å²) in [6, 6.07) is 21.5. The lowest BCUT2D eigenvalue weighted by Crippen LogP contribution is -2.14. The molecule has 0 atom stereocenters. The third-order valence-electron chi connectivity index (χ3n) is 5.20. The number of fused-ring (bicyclic) bond motifs is 1. The lowest BCUT2D eigenvalue weighted by Gasteiger charge is -2.07. The van der Waals surface area contributed by atoms with Crippen LogP contribution in [0.1, 0.15) is 23.1 Å². The maximum Gasteiger partial charge on any atom is 0.277 e. The monoisotopic (exact) mass is 411 g/mol. The van der Waals surface area contributed by atoms with Crippen LogP contribution in [0.4, 0.5) is 5.82 Å². The second kappa shape index (κ2) is 7.56. The molecule has 0 aliphatic carbocycles. The molecular weight excluding hydrogens is 390 g/mol. The van der Waals surface area contributed by atoms with Crippen LogP contribution < -0.4 is 5.32 Å². The number of nitrogens with zero attached hydrogens (tertiary/aromatic N) is 5. The van der Waals surface area contributed by atoms with E-state index < -0.39 is 0 Å². The number of aromatic amines is 1. The van der Waals surface area contributed by atoms with Crippen molar-refractivity contribution < 1.29 is 4.79 Å². The number of aromatic nitrogens is 6. The van der Waals surface area contributed by atoms with Crippen molar-refractivity contribution in [2.45, 2.75) is 13.3 Å². The van der Waals surface area contributed by atoms with Gasteiger partial charge in [-0.2, -0.15) is 15.3 Å². The Morgan fingerprint density at radius 2 is 1.74 bits per heavy atom. The zero-order valence-electron chi connectivity index (χ0n) is 17.2. The van der Waals surface area contributed by atoms with Gasteiger partial charge in [-0.1, -0.05) is 55.5 Å². The van der Waals surface area contributed by atoms with Crippen LogP contribution in [0.2, 0.25) is 0 Å². The Balaban J connectivity index is 1.55. The fourth-order valence-electron chi connectivity index (χ4n) is 3.71. The number of para-hydroxylation sites is 1. The average molecular weight is 411 g/mol. The number of hydrogen-bond acceptors (Lipinski definition) is 4. The summed E-state index contributed by atoms with van der Waals surface area (Å²) in [5.41, 5.74) is 4.58. The van der Waals surface area contributed by atoms with Crippen molar-refractivity contribution in [1.29, 1.82) is 0 Å². The van der Waals surface area contributed by atoms with E-state index in [1.165, 1.54) is 0 Å². The highest BCUT2D eigenvalue weighted by Gasteiger charge is 2.21. The van der Waals surface area contributed by atoms with Crippen molar-refractivity contribution in [1.82, 2.24) is 29.8 Å². The molecule has 154 valence electrons. The van der Waals surface area contributed by atoms with Gasteiger partial charge in [0.15, 0.2) is 11.3 Å². The third-order valence-corrected chi connectivity index (χ3v) is 5.20. The van der Waals surface area contributed by atoms with E-state index in [-0.39, 0.29) is 5.91 Å². The molecule has 8 nitrogen and oxygen atoms in total. The first-order chi connectivity index (χ1) is 15.2. The molecule has 0 radical (unpaired) electrons. The van der Waals surface area contributed by atoms with Gasteiger partial charge < -0.3 is 5.32 Å². The number of amides is 1. The van der Waals surface area contributed by atoms with Crippen molar-refractivity contribution in [3.05, 3.63) is 78.1 Å². The van der Waals surface area contributed by atoms with Gasteiger partial charge in [-0.05, 0) is 24.6 Å². The summed E-state index contributed by atoms with van der Waals surface area (Å²) in [5, 5.41) is 20.0. The second-order valence-corrected chi connectivity index (χ2v) is 7.20. The molecule has 3 aromatic heterocycles. The van der Waals surface area contributed by atoms with E-state index in [0.29, 0.717) is 17.2 Å². The summed E-state index contributed by atoms with van der Waals surface area (Å²) < 4.78 is 3.49. The highest BCUT2D eigenvalue weighted by Crippen LogP contribution is 2.27. The lowest BCUT2D eigenvalue weighted by atomic mass is 10.1. The normalized spacial score (nSPS) is 11.2. The van der Waals surface area contributed by atoms with E-state index >= 15 is 0 Å². The fraction of sp³-hybridized carbons (Fsp3) is 0.130.